The molecule has 4 N–H and O–H groups in total. The van der Waals surface area contributed by atoms with Crippen LogP contribution in [0.25, 0.3) is 0 Å². The minimum absolute atomic E-state index is 0.0469. The molecule has 1 aliphatic rings. The molecule has 0 bridgehead atoms. The van der Waals surface area contributed by atoms with Crippen molar-refractivity contribution >= 4 is 29.2 Å². The van der Waals surface area contributed by atoms with Crippen LogP contribution in [0.3, 0.4) is 0 Å². The van der Waals surface area contributed by atoms with Crippen molar-refractivity contribution in [2.75, 3.05) is 11.9 Å². The van der Waals surface area contributed by atoms with E-state index in [9.17, 15) is 19.8 Å². The molecule has 1 aliphatic carbocycles. The van der Waals surface area contributed by atoms with E-state index in [0.717, 1.165) is 24.8 Å². The van der Waals surface area contributed by atoms with Crippen LogP contribution in [0.2, 0.25) is 5.15 Å². The predicted octanol–water partition coefficient (Wildman–Crippen LogP) is 4.36. The molecule has 0 spiro atoms. The maximum absolute atomic E-state index is 11.6. The Bertz CT molecular complexity index is 1230. The van der Waals surface area contributed by atoms with Gasteiger partial charge in [0, 0.05) is 31.3 Å². The number of fused-ring (bicyclic) bond motifs is 1. The Morgan fingerprint density at radius 2 is 1.91 bits per heavy atom. The number of nitrogens with one attached hydrogen (secondary N) is 2. The summed E-state index contributed by atoms with van der Waals surface area (Å²) in [4.78, 5) is 27.0. The number of pyridine rings is 1. The highest BCUT2D eigenvalue weighted by atomic mass is 35.5. The molecule has 8 nitrogen and oxygen atoms in total. The molecular weight excluding hydrogens is 470 g/mol. The Kier molecular flexibility index (Phi) is 7.65. The van der Waals surface area contributed by atoms with Gasteiger partial charge in [-0.2, -0.15) is 0 Å². The van der Waals surface area contributed by atoms with Gasteiger partial charge < -0.3 is 25.6 Å². The highest BCUT2D eigenvalue weighted by Crippen LogP contribution is 2.31. The highest BCUT2D eigenvalue weighted by molar-refractivity contribution is 6.29. The third-order valence-electron chi connectivity index (χ3n) is 5.91. The summed E-state index contributed by atoms with van der Waals surface area (Å²) in [6, 6.07) is 14.0. The largest absolute Gasteiger partial charge is 0.478 e. The van der Waals surface area contributed by atoms with E-state index in [1.807, 2.05) is 18.2 Å². The van der Waals surface area contributed by atoms with Crippen LogP contribution in [-0.2, 0) is 17.6 Å². The molecule has 0 unspecified atom stereocenters. The van der Waals surface area contributed by atoms with Crippen molar-refractivity contribution in [1.82, 2.24) is 10.3 Å². The maximum atomic E-state index is 11.6. The zero-order valence-corrected chi connectivity index (χ0v) is 19.9. The molecule has 4 rings (SSSR count). The van der Waals surface area contributed by atoms with Crippen LogP contribution >= 0.6 is 11.6 Å². The van der Waals surface area contributed by atoms with Gasteiger partial charge in [-0.15, -0.1) is 0 Å². The summed E-state index contributed by atoms with van der Waals surface area (Å²) in [7, 11) is 0. The van der Waals surface area contributed by atoms with E-state index >= 15 is 0 Å². The number of halogens is 1. The van der Waals surface area contributed by atoms with E-state index in [1.54, 1.807) is 24.4 Å². The smallest absolute Gasteiger partial charge is 0.337 e. The SMILES string of the molecule is CC(=O)Nc1ccc(Oc2ccc3c(c2)C[C@@H](NC[C@H](O)c2ccc(Cl)nc2)CC3)cc1C(=O)O. The van der Waals surface area contributed by atoms with Crippen LogP contribution in [0, 0.1) is 0 Å². The number of aliphatic hydroxyl groups is 1. The number of hydrogen-bond donors (Lipinski definition) is 4. The number of carboxylic acid groups (broad SMARTS) is 1. The number of carbonyl (C=O) groups excluding carboxylic acids is 1. The van der Waals surface area contributed by atoms with Gasteiger partial charge in [0.25, 0.3) is 0 Å². The Morgan fingerprint density at radius 1 is 1.14 bits per heavy atom. The second-order valence-corrected chi connectivity index (χ2v) is 8.89. The van der Waals surface area contributed by atoms with Crippen molar-refractivity contribution < 1.29 is 24.5 Å². The van der Waals surface area contributed by atoms with Crippen LogP contribution < -0.4 is 15.4 Å². The fraction of sp³-hybridized carbons (Fsp3) is 0.269. The molecule has 0 saturated carbocycles. The average molecular weight is 496 g/mol. The molecule has 9 heteroatoms. The molecule has 182 valence electrons. The first kappa shape index (κ1) is 24.7. The third kappa shape index (κ3) is 6.36. The Balaban J connectivity index is 1.41. The molecule has 0 saturated heterocycles. The van der Waals surface area contributed by atoms with Crippen LogP contribution in [0.15, 0.2) is 54.7 Å². The van der Waals surface area contributed by atoms with Crippen LogP contribution in [0.1, 0.15) is 46.5 Å². The molecule has 2 aromatic carbocycles. The molecule has 3 aromatic rings. The fourth-order valence-corrected chi connectivity index (χ4v) is 4.26. The lowest BCUT2D eigenvalue weighted by Gasteiger charge is -2.27. The molecular formula is C26H26ClN3O5. The molecule has 0 radical (unpaired) electrons. The second kappa shape index (κ2) is 10.9. The summed E-state index contributed by atoms with van der Waals surface area (Å²) in [5, 5.41) is 26.3. The number of anilines is 1. The first-order chi connectivity index (χ1) is 16.8. The number of amides is 1. The van der Waals surface area contributed by atoms with Crippen molar-refractivity contribution in [3.05, 3.63) is 82.1 Å². The average Bonchev–Trinajstić information content (AvgIpc) is 2.83. The number of rotatable bonds is 8. The summed E-state index contributed by atoms with van der Waals surface area (Å²) in [6.45, 7) is 1.72. The number of nitrogens with zero attached hydrogens (tertiary/aromatic N) is 1. The zero-order chi connectivity index (χ0) is 24.9. The number of aromatic nitrogens is 1. The van der Waals surface area contributed by atoms with E-state index in [0.29, 0.717) is 28.8 Å². The van der Waals surface area contributed by atoms with Crippen LogP contribution in [-0.4, -0.2) is 39.7 Å². The van der Waals surface area contributed by atoms with Gasteiger partial charge in [0.2, 0.25) is 5.91 Å². The second-order valence-electron chi connectivity index (χ2n) is 8.50. The van der Waals surface area contributed by atoms with Gasteiger partial charge in [0.05, 0.1) is 17.4 Å². The van der Waals surface area contributed by atoms with Gasteiger partial charge in [-0.1, -0.05) is 23.7 Å². The number of carboxylic acids is 1. The van der Waals surface area contributed by atoms with E-state index in [4.69, 9.17) is 16.3 Å². The summed E-state index contributed by atoms with van der Waals surface area (Å²) in [5.41, 5.74) is 3.26. The first-order valence-corrected chi connectivity index (χ1v) is 11.6. The number of aliphatic hydroxyl groups excluding tert-OH is 1. The van der Waals surface area contributed by atoms with Crippen molar-refractivity contribution in [2.24, 2.45) is 0 Å². The van der Waals surface area contributed by atoms with E-state index in [1.165, 1.54) is 24.6 Å². The molecule has 1 amide bonds. The lowest BCUT2D eigenvalue weighted by Crippen LogP contribution is -2.37. The van der Waals surface area contributed by atoms with Crippen molar-refractivity contribution in [3.63, 3.8) is 0 Å². The van der Waals surface area contributed by atoms with E-state index in [2.05, 4.69) is 15.6 Å². The topological polar surface area (TPSA) is 121 Å². The quantitative estimate of drug-likeness (QED) is 0.342. The van der Waals surface area contributed by atoms with Crippen molar-refractivity contribution in [2.45, 2.75) is 38.3 Å². The summed E-state index contributed by atoms with van der Waals surface area (Å²) in [5.74, 6) is -0.548. The summed E-state index contributed by atoms with van der Waals surface area (Å²) >= 11 is 5.81. The van der Waals surface area contributed by atoms with Gasteiger partial charge >= 0.3 is 5.97 Å². The minimum Gasteiger partial charge on any atom is -0.478 e. The standard InChI is InChI=1S/C26H26ClN3O5/c1-15(31)30-23-8-7-21(12-22(23)26(33)34)35-20-6-3-16-2-5-19(10-18(16)11-20)28-14-24(32)17-4-9-25(27)29-13-17/h3-4,6-9,11-13,19,24,28,32H,2,5,10,14H2,1H3,(H,30,31)(H,33,34)/t19-,24-/m0/s1. The number of aryl methyl sites for hydroxylation is 1. The first-order valence-electron chi connectivity index (χ1n) is 11.3. The van der Waals surface area contributed by atoms with Gasteiger partial charge in [0.15, 0.2) is 0 Å². The number of ether oxygens (including phenoxy) is 1. The van der Waals surface area contributed by atoms with Crippen LogP contribution in [0.5, 0.6) is 11.5 Å². The fourth-order valence-electron chi connectivity index (χ4n) is 4.15. The van der Waals surface area contributed by atoms with Gasteiger partial charge in [0.1, 0.15) is 16.7 Å². The van der Waals surface area contributed by atoms with Gasteiger partial charge in [-0.05, 0) is 66.8 Å². The summed E-state index contributed by atoms with van der Waals surface area (Å²) < 4.78 is 5.94. The molecule has 0 fully saturated rings. The zero-order valence-electron chi connectivity index (χ0n) is 19.1. The van der Waals surface area contributed by atoms with Gasteiger partial charge in [-0.3, -0.25) is 4.79 Å². The third-order valence-corrected chi connectivity index (χ3v) is 6.13. The highest BCUT2D eigenvalue weighted by Gasteiger charge is 2.21. The molecule has 35 heavy (non-hydrogen) atoms. The number of aromatic carboxylic acids is 1. The van der Waals surface area contributed by atoms with E-state index < -0.39 is 12.1 Å². The predicted molar refractivity (Wildman–Crippen MR) is 132 cm³/mol. The molecule has 1 heterocycles. The van der Waals surface area contributed by atoms with Gasteiger partial charge in [-0.25, -0.2) is 9.78 Å². The number of carbonyl (C=O) groups is 2. The molecule has 1 aromatic heterocycles. The van der Waals surface area contributed by atoms with Crippen molar-refractivity contribution in [1.29, 1.82) is 0 Å². The Labute approximate surface area is 207 Å². The lowest BCUT2D eigenvalue weighted by atomic mass is 9.88. The normalized spacial score (nSPS) is 15.7. The number of hydrogen-bond acceptors (Lipinski definition) is 6. The van der Waals surface area contributed by atoms with Crippen molar-refractivity contribution in [3.8, 4) is 11.5 Å². The number of benzene rings is 2. The molecule has 2 atom stereocenters. The van der Waals surface area contributed by atoms with E-state index in [-0.39, 0.29) is 23.2 Å². The Hall–Kier alpha value is -3.46. The monoisotopic (exact) mass is 495 g/mol. The summed E-state index contributed by atoms with van der Waals surface area (Å²) in [6.07, 6.45) is 3.53. The Morgan fingerprint density at radius 3 is 2.63 bits per heavy atom. The minimum atomic E-state index is -1.16. The maximum Gasteiger partial charge on any atom is 0.337 e. The molecule has 0 aliphatic heterocycles. The van der Waals surface area contributed by atoms with Crippen LogP contribution in [0.4, 0.5) is 5.69 Å². The lowest BCUT2D eigenvalue weighted by molar-refractivity contribution is -0.114.